The van der Waals surface area contributed by atoms with Crippen molar-refractivity contribution in [2.75, 3.05) is 24.7 Å². The number of aryl methyl sites for hydroxylation is 1. The molecule has 2 N–H and O–H groups in total. The molecule has 2 aromatic rings. The van der Waals surface area contributed by atoms with Crippen LogP contribution in [0.4, 0.5) is 14.9 Å². The van der Waals surface area contributed by atoms with Crippen molar-refractivity contribution in [3.8, 4) is 5.75 Å². The third-order valence-corrected chi connectivity index (χ3v) is 5.94. The number of anilines is 1. The molecule has 10 heteroatoms. The number of amides is 2. The maximum atomic E-state index is 14.0. The van der Waals surface area contributed by atoms with Crippen molar-refractivity contribution in [1.82, 2.24) is 14.6 Å². The standard InChI is InChI=1S/C20H25FN4O4S/c1-14-5-6-17(12-22-14)24-20(26)23-11-15-8-16(21)10-19(9-15)29-18-4-3-7-25(13-18)30(2,27)28/h5-6,8-10,12,18H,3-4,7,11,13H2,1-2H3,(H2,23,24,26)/t18-/m1/s1. The number of nitrogens with one attached hydrogen (secondary N) is 2. The molecule has 1 aliphatic rings. The fourth-order valence-corrected chi connectivity index (χ4v) is 4.08. The smallest absolute Gasteiger partial charge is 0.319 e. The maximum absolute atomic E-state index is 14.0. The van der Waals surface area contributed by atoms with E-state index in [9.17, 15) is 17.6 Å². The first-order valence-electron chi connectivity index (χ1n) is 9.58. The van der Waals surface area contributed by atoms with Gasteiger partial charge in [0.15, 0.2) is 0 Å². The van der Waals surface area contributed by atoms with E-state index >= 15 is 0 Å². The molecule has 3 rings (SSSR count). The summed E-state index contributed by atoms with van der Waals surface area (Å²) in [4.78, 5) is 16.1. The molecule has 0 unspecified atom stereocenters. The van der Waals surface area contributed by atoms with Crippen LogP contribution in [0.1, 0.15) is 24.1 Å². The number of urea groups is 1. The van der Waals surface area contributed by atoms with Gasteiger partial charge >= 0.3 is 6.03 Å². The van der Waals surface area contributed by atoms with E-state index in [2.05, 4.69) is 15.6 Å². The predicted molar refractivity (Wildman–Crippen MR) is 111 cm³/mol. The average molecular weight is 437 g/mol. The van der Waals surface area contributed by atoms with E-state index in [0.717, 1.165) is 5.69 Å². The lowest BCUT2D eigenvalue weighted by Gasteiger charge is -2.31. The molecule has 0 spiro atoms. The number of sulfonamides is 1. The molecule has 1 aliphatic heterocycles. The van der Waals surface area contributed by atoms with Gasteiger partial charge in [0.05, 0.1) is 24.7 Å². The molecule has 2 amide bonds. The molecule has 1 fully saturated rings. The number of aromatic nitrogens is 1. The number of hydrogen-bond donors (Lipinski definition) is 2. The fraction of sp³-hybridized carbons (Fsp3) is 0.400. The molecule has 8 nitrogen and oxygen atoms in total. The van der Waals surface area contributed by atoms with Crippen molar-refractivity contribution < 1.29 is 22.3 Å². The summed E-state index contributed by atoms with van der Waals surface area (Å²) in [6.45, 7) is 2.64. The predicted octanol–water partition coefficient (Wildman–Crippen LogP) is 2.65. The lowest BCUT2D eigenvalue weighted by atomic mass is 10.1. The molecule has 162 valence electrons. The summed E-state index contributed by atoms with van der Waals surface area (Å²) in [6, 6.07) is 7.27. The zero-order chi connectivity index (χ0) is 21.7. The minimum atomic E-state index is -3.29. The van der Waals surface area contributed by atoms with E-state index in [1.54, 1.807) is 24.4 Å². The molecule has 0 radical (unpaired) electrons. The van der Waals surface area contributed by atoms with Crippen LogP contribution in [0.25, 0.3) is 0 Å². The van der Waals surface area contributed by atoms with Crippen LogP contribution in [-0.4, -0.2) is 49.2 Å². The number of pyridine rings is 1. The first-order chi connectivity index (χ1) is 14.2. The van der Waals surface area contributed by atoms with Crippen molar-refractivity contribution >= 4 is 21.7 Å². The highest BCUT2D eigenvalue weighted by molar-refractivity contribution is 7.88. The summed E-state index contributed by atoms with van der Waals surface area (Å²) in [6.07, 6.45) is 3.72. The Morgan fingerprint density at radius 3 is 2.83 bits per heavy atom. The van der Waals surface area contributed by atoms with Gasteiger partial charge in [0, 0.05) is 24.8 Å². The van der Waals surface area contributed by atoms with E-state index in [1.807, 2.05) is 6.92 Å². The summed E-state index contributed by atoms with van der Waals surface area (Å²) < 4.78 is 44.7. The molecular formula is C20H25FN4O4S. The first kappa shape index (κ1) is 22.0. The average Bonchev–Trinajstić information content (AvgIpc) is 2.67. The van der Waals surface area contributed by atoms with Gasteiger partial charge in [-0.2, -0.15) is 4.31 Å². The van der Waals surface area contributed by atoms with Gasteiger partial charge in [-0.1, -0.05) is 0 Å². The van der Waals surface area contributed by atoms with E-state index in [1.165, 1.54) is 22.7 Å². The number of carbonyl (C=O) groups excluding carboxylic acids is 1. The van der Waals surface area contributed by atoms with Crippen LogP contribution in [0, 0.1) is 12.7 Å². The number of piperidine rings is 1. The number of hydrogen-bond acceptors (Lipinski definition) is 5. The lowest BCUT2D eigenvalue weighted by Crippen LogP contribution is -2.43. The number of carbonyl (C=O) groups is 1. The van der Waals surface area contributed by atoms with Gasteiger partial charge < -0.3 is 15.4 Å². The number of nitrogens with zero attached hydrogens (tertiary/aromatic N) is 2. The molecule has 2 heterocycles. The van der Waals surface area contributed by atoms with E-state index in [4.69, 9.17) is 4.74 Å². The van der Waals surface area contributed by atoms with Crippen molar-refractivity contribution in [3.05, 3.63) is 53.6 Å². The number of ether oxygens (including phenoxy) is 1. The Bertz CT molecular complexity index is 998. The Hall–Kier alpha value is -2.72. The summed E-state index contributed by atoms with van der Waals surface area (Å²) >= 11 is 0. The Morgan fingerprint density at radius 2 is 2.13 bits per heavy atom. The van der Waals surface area contributed by atoms with Crippen LogP contribution in [-0.2, 0) is 16.6 Å². The molecular weight excluding hydrogens is 411 g/mol. The molecule has 30 heavy (non-hydrogen) atoms. The van der Waals surface area contributed by atoms with Gasteiger partial charge in [0.1, 0.15) is 17.7 Å². The maximum Gasteiger partial charge on any atom is 0.319 e. The molecule has 1 aromatic carbocycles. The van der Waals surface area contributed by atoms with Gasteiger partial charge in [-0.15, -0.1) is 0 Å². The Balaban J connectivity index is 1.58. The van der Waals surface area contributed by atoms with Gasteiger partial charge in [-0.05, 0) is 49.6 Å². The molecule has 0 aliphatic carbocycles. The van der Waals surface area contributed by atoms with Crippen LogP contribution in [0.3, 0.4) is 0 Å². The van der Waals surface area contributed by atoms with Gasteiger partial charge in [0.2, 0.25) is 10.0 Å². The minimum Gasteiger partial charge on any atom is -0.489 e. The Kier molecular flexibility index (Phi) is 6.88. The molecule has 1 saturated heterocycles. The molecule has 0 bridgehead atoms. The zero-order valence-electron chi connectivity index (χ0n) is 16.9. The minimum absolute atomic E-state index is 0.0966. The van der Waals surface area contributed by atoms with Crippen molar-refractivity contribution in [1.29, 1.82) is 0 Å². The van der Waals surface area contributed by atoms with Crippen LogP contribution in [0.2, 0.25) is 0 Å². The topological polar surface area (TPSA) is 101 Å². The van der Waals surface area contributed by atoms with E-state index in [-0.39, 0.29) is 19.2 Å². The van der Waals surface area contributed by atoms with Crippen molar-refractivity contribution in [3.63, 3.8) is 0 Å². The number of benzene rings is 1. The van der Waals surface area contributed by atoms with Crippen LogP contribution in [0.15, 0.2) is 36.5 Å². The van der Waals surface area contributed by atoms with Crippen LogP contribution in [0.5, 0.6) is 5.75 Å². The third-order valence-electron chi connectivity index (χ3n) is 4.67. The number of halogens is 1. The third kappa shape index (κ3) is 6.39. The summed E-state index contributed by atoms with van der Waals surface area (Å²) in [5.74, 6) is -0.196. The second kappa shape index (κ2) is 9.40. The highest BCUT2D eigenvalue weighted by atomic mass is 32.2. The summed E-state index contributed by atoms with van der Waals surface area (Å²) in [5, 5.41) is 5.31. The van der Waals surface area contributed by atoms with Gasteiger partial charge in [0.25, 0.3) is 0 Å². The van der Waals surface area contributed by atoms with Crippen molar-refractivity contribution in [2.24, 2.45) is 0 Å². The summed E-state index contributed by atoms with van der Waals surface area (Å²) in [7, 11) is -3.29. The van der Waals surface area contributed by atoms with E-state index in [0.29, 0.717) is 36.4 Å². The highest BCUT2D eigenvalue weighted by Gasteiger charge is 2.27. The largest absolute Gasteiger partial charge is 0.489 e. The summed E-state index contributed by atoms with van der Waals surface area (Å²) in [5.41, 5.74) is 1.91. The lowest BCUT2D eigenvalue weighted by molar-refractivity contribution is 0.129. The highest BCUT2D eigenvalue weighted by Crippen LogP contribution is 2.22. The first-order valence-corrected chi connectivity index (χ1v) is 11.4. The van der Waals surface area contributed by atoms with Crippen LogP contribution < -0.4 is 15.4 Å². The zero-order valence-corrected chi connectivity index (χ0v) is 17.7. The van der Waals surface area contributed by atoms with Crippen LogP contribution >= 0.6 is 0 Å². The SMILES string of the molecule is Cc1ccc(NC(=O)NCc2cc(F)cc(O[C@@H]3CCCN(S(C)(=O)=O)C3)c2)cn1. The number of rotatable bonds is 6. The Morgan fingerprint density at radius 1 is 1.33 bits per heavy atom. The normalized spacial score (nSPS) is 17.4. The fourth-order valence-electron chi connectivity index (χ4n) is 3.19. The molecule has 1 aromatic heterocycles. The Labute approximate surface area is 175 Å². The van der Waals surface area contributed by atoms with Gasteiger partial charge in [-0.3, -0.25) is 4.98 Å². The molecule has 0 saturated carbocycles. The van der Waals surface area contributed by atoms with Crippen molar-refractivity contribution in [2.45, 2.75) is 32.4 Å². The van der Waals surface area contributed by atoms with Gasteiger partial charge in [-0.25, -0.2) is 17.6 Å². The second-order valence-corrected chi connectivity index (χ2v) is 9.28. The van der Waals surface area contributed by atoms with E-state index < -0.39 is 21.9 Å². The second-order valence-electron chi connectivity index (χ2n) is 7.29. The molecule has 1 atom stereocenters. The monoisotopic (exact) mass is 436 g/mol. The quantitative estimate of drug-likeness (QED) is 0.725.